The third-order valence-corrected chi connectivity index (χ3v) is 8.32. The molecule has 2 N–H and O–H groups in total. The van der Waals surface area contributed by atoms with Gasteiger partial charge in [0.25, 0.3) is 0 Å². The summed E-state index contributed by atoms with van der Waals surface area (Å²) >= 11 is 3.77. The minimum absolute atomic E-state index is 0.0637. The third kappa shape index (κ3) is 3.19. The summed E-state index contributed by atoms with van der Waals surface area (Å²) in [4.78, 5) is 18.9. The van der Waals surface area contributed by atoms with Crippen LogP contribution >= 0.6 is 15.9 Å². The van der Waals surface area contributed by atoms with Crippen molar-refractivity contribution in [3.8, 4) is 0 Å². The van der Waals surface area contributed by atoms with Gasteiger partial charge in [-0.1, -0.05) is 24.3 Å². The van der Waals surface area contributed by atoms with E-state index in [2.05, 4.69) is 91.4 Å². The molecule has 7 rings (SSSR count). The number of piperidine rings is 1. The van der Waals surface area contributed by atoms with Gasteiger partial charge in [0.05, 0.1) is 42.0 Å². The maximum atomic E-state index is 11.9. The molecule has 3 aromatic rings. The summed E-state index contributed by atoms with van der Waals surface area (Å²) < 4.78 is 5.94. The van der Waals surface area contributed by atoms with Crippen molar-refractivity contribution in [1.29, 1.82) is 0 Å². The fraction of sp³-hybridized carbons (Fsp3) is 0.259. The first-order valence-corrected chi connectivity index (χ1v) is 12.8. The normalized spacial score (nSPS) is 24.4. The second kappa shape index (κ2) is 7.89. The molecule has 0 spiro atoms. The van der Waals surface area contributed by atoms with Crippen molar-refractivity contribution in [3.05, 3.63) is 75.2 Å². The summed E-state index contributed by atoms with van der Waals surface area (Å²) in [6.45, 7) is 1.70. The summed E-state index contributed by atoms with van der Waals surface area (Å²) in [6.07, 6.45) is 4.02. The van der Waals surface area contributed by atoms with E-state index >= 15 is 0 Å². The van der Waals surface area contributed by atoms with Gasteiger partial charge in [-0.15, -0.1) is 0 Å². The Balaban J connectivity index is 1.22. The van der Waals surface area contributed by atoms with Gasteiger partial charge < -0.3 is 9.64 Å². The zero-order chi connectivity index (χ0) is 24.6. The average molecular weight is 545 g/mol. The summed E-state index contributed by atoms with van der Waals surface area (Å²) in [5.41, 5.74) is 12.3. The average Bonchev–Trinajstić information content (AvgIpc) is 3.25. The highest BCUT2D eigenvalue weighted by molar-refractivity contribution is 9.10. The number of nitrogens with one attached hydrogen (secondary N) is 2. The van der Waals surface area contributed by atoms with Crippen LogP contribution in [0, 0.1) is 17.8 Å². The van der Waals surface area contributed by atoms with Crippen LogP contribution in [0.1, 0.15) is 5.56 Å². The van der Waals surface area contributed by atoms with Crippen LogP contribution in [0.2, 0.25) is 0 Å². The number of nitrogens with zero attached hydrogens (tertiary/aromatic N) is 4. The molecule has 1 saturated carbocycles. The molecule has 2 aromatic carbocycles. The van der Waals surface area contributed by atoms with Crippen LogP contribution in [0.5, 0.6) is 0 Å². The van der Waals surface area contributed by atoms with Gasteiger partial charge in [-0.25, -0.2) is 4.98 Å². The minimum Gasteiger partial charge on any atom is -0.469 e. The molecule has 3 aliphatic heterocycles. The monoisotopic (exact) mass is 544 g/mol. The van der Waals surface area contributed by atoms with Crippen LogP contribution in [0.15, 0.2) is 59.2 Å². The molecule has 2 atom stereocenters. The van der Waals surface area contributed by atoms with Gasteiger partial charge in [0.1, 0.15) is 5.82 Å². The highest BCUT2D eigenvalue weighted by Crippen LogP contribution is 2.53. The Bertz CT molecular complexity index is 1510. The largest absolute Gasteiger partial charge is 0.469 e. The molecule has 9 heteroatoms. The summed E-state index contributed by atoms with van der Waals surface area (Å²) in [6, 6.07) is 16.7. The van der Waals surface area contributed by atoms with Crippen molar-refractivity contribution in [3.63, 3.8) is 0 Å². The van der Waals surface area contributed by atoms with Gasteiger partial charge in [-0.2, -0.15) is 0 Å². The molecule has 8 nitrogen and oxygen atoms in total. The SMILES string of the molecule is COC(=O)C1C2CN(c3ccc(N4NC(=c5cccc6c5=CN(C)N6)c5cccc(Br)c54)cn3)CC21. The van der Waals surface area contributed by atoms with Gasteiger partial charge in [0, 0.05) is 46.8 Å². The number of aromatic nitrogens is 1. The molecule has 4 heterocycles. The molecule has 182 valence electrons. The number of halogens is 1. The number of fused-ring (bicyclic) bond motifs is 3. The van der Waals surface area contributed by atoms with Crippen molar-refractivity contribution in [1.82, 2.24) is 15.4 Å². The van der Waals surface area contributed by atoms with E-state index in [9.17, 15) is 4.79 Å². The van der Waals surface area contributed by atoms with Gasteiger partial charge in [0.2, 0.25) is 0 Å². The number of anilines is 4. The van der Waals surface area contributed by atoms with Crippen LogP contribution in [-0.2, 0) is 9.53 Å². The molecule has 0 bridgehead atoms. The van der Waals surface area contributed by atoms with Crippen molar-refractivity contribution < 1.29 is 9.53 Å². The Morgan fingerprint density at radius 3 is 2.64 bits per heavy atom. The van der Waals surface area contributed by atoms with Crippen LogP contribution in [0.4, 0.5) is 22.9 Å². The van der Waals surface area contributed by atoms with E-state index in [4.69, 9.17) is 9.72 Å². The van der Waals surface area contributed by atoms with Crippen LogP contribution in [0.25, 0.3) is 11.9 Å². The van der Waals surface area contributed by atoms with E-state index in [1.54, 1.807) is 0 Å². The lowest BCUT2D eigenvalue weighted by molar-refractivity contribution is -0.142. The quantitative estimate of drug-likeness (QED) is 0.487. The lowest BCUT2D eigenvalue weighted by atomic mass is 10.1. The Morgan fingerprint density at radius 2 is 1.89 bits per heavy atom. The van der Waals surface area contributed by atoms with Gasteiger partial charge in [0.15, 0.2) is 0 Å². The summed E-state index contributed by atoms with van der Waals surface area (Å²) in [7, 11) is 3.47. The van der Waals surface area contributed by atoms with E-state index in [1.165, 1.54) is 7.11 Å². The topological polar surface area (TPSA) is 73.0 Å². The van der Waals surface area contributed by atoms with Gasteiger partial charge in [-0.05, 0) is 52.0 Å². The first-order chi connectivity index (χ1) is 17.5. The number of benzene rings is 2. The number of pyridine rings is 1. The van der Waals surface area contributed by atoms with Crippen LogP contribution in [0.3, 0.4) is 0 Å². The number of hydrogen-bond donors (Lipinski definition) is 2. The molecule has 2 unspecified atom stereocenters. The second-order valence-electron chi connectivity index (χ2n) is 9.73. The fourth-order valence-corrected chi connectivity index (χ4v) is 6.45. The number of esters is 1. The molecule has 0 radical (unpaired) electrons. The molecule has 1 saturated heterocycles. The summed E-state index contributed by atoms with van der Waals surface area (Å²) in [5.74, 6) is 1.70. The summed E-state index contributed by atoms with van der Waals surface area (Å²) in [5, 5.41) is 6.35. The predicted molar refractivity (Wildman–Crippen MR) is 142 cm³/mol. The second-order valence-corrected chi connectivity index (χ2v) is 10.6. The van der Waals surface area contributed by atoms with Crippen molar-refractivity contribution >= 4 is 56.7 Å². The van der Waals surface area contributed by atoms with E-state index in [0.717, 1.165) is 62.1 Å². The Hall–Kier alpha value is -3.72. The van der Waals surface area contributed by atoms with E-state index in [0.29, 0.717) is 11.8 Å². The maximum absolute atomic E-state index is 11.9. The highest BCUT2D eigenvalue weighted by atomic mass is 79.9. The number of hydrogen-bond acceptors (Lipinski definition) is 8. The fourth-order valence-electron chi connectivity index (χ4n) is 5.90. The smallest absolute Gasteiger partial charge is 0.309 e. The zero-order valence-electron chi connectivity index (χ0n) is 19.9. The zero-order valence-corrected chi connectivity index (χ0v) is 21.5. The lowest BCUT2D eigenvalue weighted by Gasteiger charge is -2.23. The van der Waals surface area contributed by atoms with E-state index < -0.39 is 0 Å². The van der Waals surface area contributed by atoms with E-state index in [-0.39, 0.29) is 11.9 Å². The molecular weight excluding hydrogens is 520 g/mol. The minimum atomic E-state index is -0.0755. The molecule has 36 heavy (non-hydrogen) atoms. The Morgan fingerprint density at radius 1 is 1.08 bits per heavy atom. The van der Waals surface area contributed by atoms with Crippen molar-refractivity contribution in [2.75, 3.05) is 42.6 Å². The number of carbonyl (C=O) groups is 1. The number of methoxy groups -OCH3 is 1. The Kier molecular flexibility index (Phi) is 4.73. The molecule has 0 amide bonds. The van der Waals surface area contributed by atoms with Crippen molar-refractivity contribution in [2.24, 2.45) is 17.8 Å². The first kappa shape index (κ1) is 21.6. The molecular formula is C27H25BrN6O2. The molecule has 2 fully saturated rings. The molecule has 4 aliphatic rings. The number of hydrazine groups is 2. The highest BCUT2D eigenvalue weighted by Gasteiger charge is 2.60. The Labute approximate surface area is 216 Å². The van der Waals surface area contributed by atoms with Gasteiger partial charge in [-0.3, -0.25) is 25.7 Å². The van der Waals surface area contributed by atoms with Crippen molar-refractivity contribution in [2.45, 2.75) is 0 Å². The van der Waals surface area contributed by atoms with E-state index in [1.807, 2.05) is 18.3 Å². The number of para-hydroxylation sites is 1. The van der Waals surface area contributed by atoms with Crippen LogP contribution < -0.4 is 31.2 Å². The number of ether oxygens (including phenoxy) is 1. The maximum Gasteiger partial charge on any atom is 0.309 e. The standard InChI is InChI=1S/C27H25BrN6O2/c1-32-12-18-16(5-4-8-22(18)30-32)25-17-6-3-7-21(28)26(17)34(31-25)15-9-10-23(29-11-15)33-13-19-20(14-33)24(19)27(35)36-2/h3-12,19-20,24,30-31H,13-14H2,1-2H3. The predicted octanol–water partition coefficient (Wildman–Crippen LogP) is 2.52. The molecule has 1 aromatic heterocycles. The number of carbonyl (C=O) groups excluding carboxylic acids is 1. The lowest BCUT2D eigenvalue weighted by Crippen LogP contribution is -2.35. The van der Waals surface area contributed by atoms with Gasteiger partial charge >= 0.3 is 5.97 Å². The number of rotatable bonds is 3. The first-order valence-electron chi connectivity index (χ1n) is 12.0. The van der Waals surface area contributed by atoms with Crippen LogP contribution in [-0.4, -0.2) is 43.2 Å². The third-order valence-electron chi connectivity index (χ3n) is 7.68. The molecule has 1 aliphatic carbocycles.